The zero-order valence-electron chi connectivity index (χ0n) is 20.3. The van der Waals surface area contributed by atoms with E-state index in [4.69, 9.17) is 21.3 Å². The number of carbonyl (C=O) groups excluding carboxylic acids is 1. The fourth-order valence-electron chi connectivity index (χ4n) is 4.07. The van der Waals surface area contributed by atoms with Gasteiger partial charge in [-0.05, 0) is 72.9 Å². The minimum Gasteiger partial charge on any atom is -0.494 e. The number of hydrogen-bond donors (Lipinski definition) is 1. The number of unbranched alkanes of at least 4 members (excludes halogenated alkanes) is 1. The molecule has 1 heterocycles. The molecular formula is C29H32ClN3O2. The largest absolute Gasteiger partial charge is 0.494 e. The van der Waals surface area contributed by atoms with Crippen molar-refractivity contribution in [1.82, 2.24) is 14.9 Å². The van der Waals surface area contributed by atoms with Gasteiger partial charge >= 0.3 is 0 Å². The number of para-hydroxylation sites is 2. The first-order valence-electron chi connectivity index (χ1n) is 12.2. The smallest absolute Gasteiger partial charge is 0.251 e. The first-order chi connectivity index (χ1) is 17.0. The lowest BCUT2D eigenvalue weighted by atomic mass is 10.0. The molecule has 6 heteroatoms. The number of rotatable bonds is 11. The Morgan fingerprint density at radius 3 is 2.49 bits per heavy atom. The Morgan fingerprint density at radius 1 is 1.00 bits per heavy atom. The van der Waals surface area contributed by atoms with E-state index in [1.54, 1.807) is 24.3 Å². The molecule has 4 aromatic rings. The minimum atomic E-state index is -0.108. The van der Waals surface area contributed by atoms with Crippen molar-refractivity contribution < 1.29 is 9.53 Å². The molecule has 0 bridgehead atoms. The molecule has 1 amide bonds. The zero-order valence-corrected chi connectivity index (χ0v) is 21.1. The van der Waals surface area contributed by atoms with Crippen LogP contribution in [0.1, 0.15) is 54.4 Å². The molecule has 0 aliphatic heterocycles. The summed E-state index contributed by atoms with van der Waals surface area (Å²) >= 11 is 5.91. The number of amides is 1. The summed E-state index contributed by atoms with van der Waals surface area (Å²) < 4.78 is 8.20. The minimum absolute atomic E-state index is 0.108. The predicted molar refractivity (Wildman–Crippen MR) is 142 cm³/mol. The average molecular weight is 490 g/mol. The highest BCUT2D eigenvalue weighted by atomic mass is 35.5. The van der Waals surface area contributed by atoms with Crippen LogP contribution in [0.3, 0.4) is 0 Å². The van der Waals surface area contributed by atoms with Crippen molar-refractivity contribution in [2.75, 3.05) is 13.2 Å². The molecular weight excluding hydrogens is 458 g/mol. The van der Waals surface area contributed by atoms with Crippen molar-refractivity contribution in [3.63, 3.8) is 0 Å². The van der Waals surface area contributed by atoms with E-state index >= 15 is 0 Å². The van der Waals surface area contributed by atoms with Gasteiger partial charge in [0.05, 0.1) is 17.6 Å². The highest BCUT2D eigenvalue weighted by Crippen LogP contribution is 2.20. The average Bonchev–Trinajstić information content (AvgIpc) is 3.21. The predicted octanol–water partition coefficient (Wildman–Crippen LogP) is 6.64. The fraction of sp³-hybridized carbons (Fsp3) is 0.310. The Labute approximate surface area is 212 Å². The Balaban J connectivity index is 1.30. The molecule has 0 spiro atoms. The molecule has 182 valence electrons. The molecule has 0 atom stereocenters. The lowest BCUT2D eigenvalue weighted by molar-refractivity contribution is 0.0954. The summed E-state index contributed by atoms with van der Waals surface area (Å²) in [5, 5.41) is 3.60. The van der Waals surface area contributed by atoms with Gasteiger partial charge in [-0.1, -0.05) is 49.7 Å². The van der Waals surface area contributed by atoms with E-state index < -0.39 is 0 Å². The number of fused-ring (bicyclic) bond motifs is 1. The van der Waals surface area contributed by atoms with E-state index in [9.17, 15) is 4.79 Å². The molecule has 0 saturated carbocycles. The van der Waals surface area contributed by atoms with Gasteiger partial charge in [0, 0.05) is 30.1 Å². The molecule has 0 radical (unpaired) electrons. The van der Waals surface area contributed by atoms with Crippen LogP contribution >= 0.6 is 11.6 Å². The first kappa shape index (κ1) is 24.8. The van der Waals surface area contributed by atoms with Crippen LogP contribution in [0.15, 0.2) is 72.8 Å². The molecule has 0 unspecified atom stereocenters. The summed E-state index contributed by atoms with van der Waals surface area (Å²) in [7, 11) is 0. The van der Waals surface area contributed by atoms with Crippen molar-refractivity contribution in [2.24, 2.45) is 0 Å². The van der Waals surface area contributed by atoms with E-state index in [1.807, 2.05) is 18.2 Å². The summed E-state index contributed by atoms with van der Waals surface area (Å²) in [4.78, 5) is 17.2. The monoisotopic (exact) mass is 489 g/mol. The van der Waals surface area contributed by atoms with Crippen LogP contribution in [0.25, 0.3) is 11.0 Å². The second-order valence-electron chi connectivity index (χ2n) is 8.96. The number of nitrogens with one attached hydrogen (secondary N) is 1. The Kier molecular flexibility index (Phi) is 8.43. The zero-order chi connectivity index (χ0) is 24.6. The lowest BCUT2D eigenvalue weighted by Gasteiger charge is -2.11. The fourth-order valence-corrected chi connectivity index (χ4v) is 4.19. The normalized spacial score (nSPS) is 11.2. The molecule has 0 fully saturated rings. The molecule has 1 N–H and O–H groups in total. The molecule has 5 nitrogen and oxygen atoms in total. The second kappa shape index (κ2) is 11.9. The standard InChI is InChI=1S/C29H32ClN3O2/c1-21(2)22-11-15-25(16-12-22)35-20-6-5-19-33-27-8-4-3-7-26(27)32-28(33)17-18-31-29(34)23-9-13-24(30)14-10-23/h3-4,7-16,21H,5-6,17-20H2,1-2H3,(H,31,34). The topological polar surface area (TPSA) is 56.1 Å². The van der Waals surface area contributed by atoms with Gasteiger partial charge in [-0.2, -0.15) is 0 Å². The third-order valence-corrected chi connectivity index (χ3v) is 6.32. The number of aromatic nitrogens is 2. The van der Waals surface area contributed by atoms with Crippen LogP contribution in [0.5, 0.6) is 5.75 Å². The van der Waals surface area contributed by atoms with Crippen LogP contribution < -0.4 is 10.1 Å². The van der Waals surface area contributed by atoms with Crippen LogP contribution in [0.4, 0.5) is 0 Å². The molecule has 3 aromatic carbocycles. The molecule has 4 rings (SSSR count). The van der Waals surface area contributed by atoms with Gasteiger partial charge in [0.25, 0.3) is 5.91 Å². The highest BCUT2D eigenvalue weighted by molar-refractivity contribution is 6.30. The molecule has 0 saturated heterocycles. The second-order valence-corrected chi connectivity index (χ2v) is 9.40. The number of nitrogens with zero attached hydrogens (tertiary/aromatic N) is 2. The van der Waals surface area contributed by atoms with Crippen molar-refractivity contribution in [3.8, 4) is 5.75 Å². The maximum atomic E-state index is 12.4. The van der Waals surface area contributed by atoms with Crippen molar-refractivity contribution in [1.29, 1.82) is 0 Å². The molecule has 35 heavy (non-hydrogen) atoms. The van der Waals surface area contributed by atoms with E-state index in [2.05, 4.69) is 54.1 Å². The van der Waals surface area contributed by atoms with Crippen LogP contribution in [-0.4, -0.2) is 28.6 Å². The number of aryl methyl sites for hydroxylation is 1. The van der Waals surface area contributed by atoms with Crippen LogP contribution in [-0.2, 0) is 13.0 Å². The Morgan fingerprint density at radius 2 is 1.74 bits per heavy atom. The number of carbonyl (C=O) groups is 1. The van der Waals surface area contributed by atoms with Crippen LogP contribution in [0.2, 0.25) is 5.02 Å². The first-order valence-corrected chi connectivity index (χ1v) is 12.6. The van der Waals surface area contributed by atoms with E-state index in [0.29, 0.717) is 36.1 Å². The van der Waals surface area contributed by atoms with Gasteiger partial charge in [-0.3, -0.25) is 4.79 Å². The Bertz CT molecular complexity index is 1250. The van der Waals surface area contributed by atoms with E-state index in [1.165, 1.54) is 5.56 Å². The summed E-state index contributed by atoms with van der Waals surface area (Å²) in [5.74, 6) is 2.31. The number of imidazole rings is 1. The number of ether oxygens (including phenoxy) is 1. The molecule has 0 aliphatic rings. The van der Waals surface area contributed by atoms with Gasteiger partial charge in [0.15, 0.2) is 0 Å². The third-order valence-electron chi connectivity index (χ3n) is 6.07. The lowest BCUT2D eigenvalue weighted by Crippen LogP contribution is -2.26. The summed E-state index contributed by atoms with van der Waals surface area (Å²) in [6.45, 7) is 6.44. The van der Waals surface area contributed by atoms with Crippen molar-refractivity contribution >= 4 is 28.5 Å². The highest BCUT2D eigenvalue weighted by Gasteiger charge is 2.11. The number of halogens is 1. The van der Waals surface area contributed by atoms with E-state index in [-0.39, 0.29) is 5.91 Å². The van der Waals surface area contributed by atoms with E-state index in [0.717, 1.165) is 42.0 Å². The van der Waals surface area contributed by atoms with Gasteiger partial charge in [-0.15, -0.1) is 0 Å². The number of benzene rings is 3. The van der Waals surface area contributed by atoms with Gasteiger partial charge < -0.3 is 14.6 Å². The summed E-state index contributed by atoms with van der Waals surface area (Å²) in [5.41, 5.74) is 4.02. The molecule has 1 aromatic heterocycles. The van der Waals surface area contributed by atoms with Gasteiger partial charge in [0.2, 0.25) is 0 Å². The Hall–Kier alpha value is -3.31. The van der Waals surface area contributed by atoms with Gasteiger partial charge in [0.1, 0.15) is 11.6 Å². The number of hydrogen-bond acceptors (Lipinski definition) is 3. The molecule has 0 aliphatic carbocycles. The summed E-state index contributed by atoms with van der Waals surface area (Å²) in [6, 6.07) is 23.5. The van der Waals surface area contributed by atoms with Crippen LogP contribution in [0, 0.1) is 0 Å². The quantitative estimate of drug-likeness (QED) is 0.240. The van der Waals surface area contributed by atoms with Gasteiger partial charge in [-0.25, -0.2) is 4.98 Å². The SMILES string of the molecule is CC(C)c1ccc(OCCCCn2c(CCNC(=O)c3ccc(Cl)cc3)nc3ccccc32)cc1. The maximum absolute atomic E-state index is 12.4. The van der Waals surface area contributed by atoms with Crippen molar-refractivity contribution in [2.45, 2.75) is 45.6 Å². The third kappa shape index (κ3) is 6.64. The maximum Gasteiger partial charge on any atom is 0.251 e. The van der Waals surface area contributed by atoms with Crippen molar-refractivity contribution in [3.05, 3.63) is 94.8 Å². The summed E-state index contributed by atoms with van der Waals surface area (Å²) in [6.07, 6.45) is 2.59.